The average Bonchev–Trinajstić information content (AvgIpc) is 2.67. The van der Waals surface area contributed by atoms with Gasteiger partial charge in [-0.2, -0.15) is 0 Å². The molecule has 2 aromatic rings. The third-order valence-corrected chi connectivity index (χ3v) is 3.46. The maximum Gasteiger partial charge on any atom is 0.307 e. The van der Waals surface area contributed by atoms with Gasteiger partial charge in [0.1, 0.15) is 0 Å². The Morgan fingerprint density at radius 3 is 2.68 bits per heavy atom. The summed E-state index contributed by atoms with van der Waals surface area (Å²) in [5.41, 5.74) is 3.31. The summed E-state index contributed by atoms with van der Waals surface area (Å²) in [5, 5.41) is 10.1. The van der Waals surface area contributed by atoms with Gasteiger partial charge < -0.3 is 9.67 Å². The summed E-state index contributed by atoms with van der Waals surface area (Å²) >= 11 is 0. The normalized spacial score (nSPS) is 11.4. The second kappa shape index (κ2) is 5.47. The molecule has 0 spiro atoms. The van der Waals surface area contributed by atoms with Crippen LogP contribution >= 0.6 is 0 Å². The molecule has 0 bridgehead atoms. The first-order valence-corrected chi connectivity index (χ1v) is 6.86. The first-order valence-electron chi connectivity index (χ1n) is 6.86. The zero-order valence-corrected chi connectivity index (χ0v) is 11.8. The summed E-state index contributed by atoms with van der Waals surface area (Å²) in [4.78, 5) is 11.0. The molecular formula is C16H21NO2. The molecule has 0 aliphatic heterocycles. The molecule has 19 heavy (non-hydrogen) atoms. The molecular weight excluding hydrogens is 238 g/mol. The number of fused-ring (bicyclic) bond motifs is 1. The van der Waals surface area contributed by atoms with E-state index in [1.54, 1.807) is 0 Å². The summed E-state index contributed by atoms with van der Waals surface area (Å²) in [7, 11) is 0. The van der Waals surface area contributed by atoms with Crippen molar-refractivity contribution < 1.29 is 9.90 Å². The number of aromatic nitrogens is 1. The van der Waals surface area contributed by atoms with Crippen molar-refractivity contribution in [1.29, 1.82) is 0 Å². The van der Waals surface area contributed by atoms with Crippen LogP contribution < -0.4 is 0 Å². The molecule has 3 nitrogen and oxygen atoms in total. The third kappa shape index (κ3) is 2.80. The van der Waals surface area contributed by atoms with Crippen LogP contribution in [0.2, 0.25) is 0 Å². The van der Waals surface area contributed by atoms with E-state index in [9.17, 15) is 4.79 Å². The van der Waals surface area contributed by atoms with Crippen molar-refractivity contribution in [2.45, 2.75) is 46.1 Å². The first-order chi connectivity index (χ1) is 9.02. The summed E-state index contributed by atoms with van der Waals surface area (Å²) < 4.78 is 2.16. The van der Waals surface area contributed by atoms with Crippen LogP contribution in [0, 0.1) is 0 Å². The van der Waals surface area contributed by atoms with Crippen LogP contribution in [-0.2, 0) is 17.8 Å². The van der Waals surface area contributed by atoms with E-state index in [4.69, 9.17) is 5.11 Å². The summed E-state index contributed by atoms with van der Waals surface area (Å²) in [6.45, 7) is 7.37. The zero-order valence-electron chi connectivity index (χ0n) is 11.8. The van der Waals surface area contributed by atoms with Crippen LogP contribution in [-0.4, -0.2) is 15.6 Å². The Bertz CT molecular complexity index is 596. The van der Waals surface area contributed by atoms with Gasteiger partial charge in [0.2, 0.25) is 0 Å². The van der Waals surface area contributed by atoms with Gasteiger partial charge in [-0.05, 0) is 35.6 Å². The Labute approximate surface area is 113 Å². The quantitative estimate of drug-likeness (QED) is 0.887. The fourth-order valence-corrected chi connectivity index (χ4v) is 2.48. The fourth-order valence-electron chi connectivity index (χ4n) is 2.48. The standard InChI is InChI=1S/C16H21NO2/c1-4-7-17-10-13(9-16(18)19)14-8-12(11(2)3)5-6-15(14)17/h5-6,8,10-11H,4,7,9H2,1-3H3,(H,18,19). The van der Waals surface area contributed by atoms with Crippen LogP contribution in [0.4, 0.5) is 0 Å². The van der Waals surface area contributed by atoms with Gasteiger partial charge in [-0.25, -0.2) is 0 Å². The summed E-state index contributed by atoms with van der Waals surface area (Å²) in [6, 6.07) is 6.40. The summed E-state index contributed by atoms with van der Waals surface area (Å²) in [5.74, 6) is -0.317. The predicted octanol–water partition coefficient (Wildman–Crippen LogP) is 3.80. The van der Waals surface area contributed by atoms with Gasteiger partial charge in [0.05, 0.1) is 6.42 Å². The van der Waals surface area contributed by atoms with Crippen molar-refractivity contribution in [1.82, 2.24) is 4.57 Å². The van der Waals surface area contributed by atoms with E-state index < -0.39 is 5.97 Å². The molecule has 0 amide bonds. The lowest BCUT2D eigenvalue weighted by Gasteiger charge is -2.07. The number of nitrogens with zero attached hydrogens (tertiary/aromatic N) is 1. The van der Waals surface area contributed by atoms with Crippen LogP contribution in [0.1, 0.15) is 44.2 Å². The summed E-state index contributed by atoms with van der Waals surface area (Å²) in [6.07, 6.45) is 3.13. The molecule has 3 heteroatoms. The lowest BCUT2D eigenvalue weighted by Crippen LogP contribution is -1.99. The molecule has 0 radical (unpaired) electrons. The highest BCUT2D eigenvalue weighted by Gasteiger charge is 2.12. The van der Waals surface area contributed by atoms with Crippen molar-refractivity contribution in [3.8, 4) is 0 Å². The monoisotopic (exact) mass is 259 g/mol. The minimum Gasteiger partial charge on any atom is -0.481 e. The highest BCUT2D eigenvalue weighted by molar-refractivity contribution is 5.88. The molecule has 1 heterocycles. The second-order valence-corrected chi connectivity index (χ2v) is 5.35. The van der Waals surface area contributed by atoms with Gasteiger partial charge in [0.15, 0.2) is 0 Å². The molecule has 2 rings (SSSR count). The van der Waals surface area contributed by atoms with Crippen molar-refractivity contribution in [3.63, 3.8) is 0 Å². The molecule has 0 saturated carbocycles. The molecule has 1 aromatic heterocycles. The number of rotatable bonds is 5. The first kappa shape index (κ1) is 13.7. The maximum absolute atomic E-state index is 11.0. The SMILES string of the molecule is CCCn1cc(CC(=O)O)c2cc(C(C)C)ccc21. The Balaban J connectivity index is 2.58. The van der Waals surface area contributed by atoms with E-state index in [-0.39, 0.29) is 6.42 Å². The topological polar surface area (TPSA) is 42.2 Å². The maximum atomic E-state index is 11.0. The lowest BCUT2D eigenvalue weighted by atomic mass is 10.00. The number of hydrogen-bond donors (Lipinski definition) is 1. The van der Waals surface area contributed by atoms with Crippen molar-refractivity contribution in [2.24, 2.45) is 0 Å². The molecule has 0 aliphatic carbocycles. The van der Waals surface area contributed by atoms with Gasteiger partial charge in [-0.3, -0.25) is 4.79 Å². The Kier molecular flexibility index (Phi) is 3.93. The lowest BCUT2D eigenvalue weighted by molar-refractivity contribution is -0.136. The molecule has 0 saturated heterocycles. The minimum atomic E-state index is -0.773. The van der Waals surface area contributed by atoms with E-state index in [0.717, 1.165) is 29.4 Å². The second-order valence-electron chi connectivity index (χ2n) is 5.35. The molecule has 0 atom stereocenters. The minimum absolute atomic E-state index is 0.0920. The Hall–Kier alpha value is -1.77. The number of aryl methyl sites for hydroxylation is 1. The van der Waals surface area contributed by atoms with Crippen LogP contribution in [0.5, 0.6) is 0 Å². The highest BCUT2D eigenvalue weighted by Crippen LogP contribution is 2.26. The van der Waals surface area contributed by atoms with Gasteiger partial charge >= 0.3 is 5.97 Å². The fraction of sp³-hybridized carbons (Fsp3) is 0.438. The van der Waals surface area contributed by atoms with E-state index in [1.165, 1.54) is 5.56 Å². The van der Waals surface area contributed by atoms with E-state index >= 15 is 0 Å². The molecule has 0 fully saturated rings. The largest absolute Gasteiger partial charge is 0.481 e. The number of carboxylic acid groups (broad SMARTS) is 1. The Morgan fingerprint density at radius 1 is 1.37 bits per heavy atom. The van der Waals surface area contributed by atoms with Gasteiger partial charge in [0.25, 0.3) is 0 Å². The number of benzene rings is 1. The van der Waals surface area contributed by atoms with Crippen molar-refractivity contribution in [3.05, 3.63) is 35.5 Å². The van der Waals surface area contributed by atoms with Crippen molar-refractivity contribution in [2.75, 3.05) is 0 Å². The van der Waals surface area contributed by atoms with E-state index in [1.807, 2.05) is 6.20 Å². The molecule has 0 aliphatic rings. The molecule has 102 valence electrons. The van der Waals surface area contributed by atoms with E-state index in [2.05, 4.69) is 43.5 Å². The molecule has 1 aromatic carbocycles. The number of aliphatic carboxylic acids is 1. The van der Waals surface area contributed by atoms with Crippen LogP contribution in [0.15, 0.2) is 24.4 Å². The van der Waals surface area contributed by atoms with Crippen LogP contribution in [0.3, 0.4) is 0 Å². The molecule has 0 unspecified atom stereocenters. The Morgan fingerprint density at radius 2 is 2.11 bits per heavy atom. The average molecular weight is 259 g/mol. The van der Waals surface area contributed by atoms with Crippen LogP contribution in [0.25, 0.3) is 10.9 Å². The predicted molar refractivity (Wildman–Crippen MR) is 77.7 cm³/mol. The van der Waals surface area contributed by atoms with Gasteiger partial charge in [-0.15, -0.1) is 0 Å². The number of carboxylic acids is 1. The van der Waals surface area contributed by atoms with E-state index in [0.29, 0.717) is 5.92 Å². The zero-order chi connectivity index (χ0) is 14.0. The molecule has 1 N–H and O–H groups in total. The number of carbonyl (C=O) groups is 1. The highest BCUT2D eigenvalue weighted by atomic mass is 16.4. The number of hydrogen-bond acceptors (Lipinski definition) is 1. The van der Waals surface area contributed by atoms with Gasteiger partial charge in [-0.1, -0.05) is 26.8 Å². The van der Waals surface area contributed by atoms with Crippen molar-refractivity contribution >= 4 is 16.9 Å². The van der Waals surface area contributed by atoms with Gasteiger partial charge in [0, 0.05) is 23.6 Å². The third-order valence-electron chi connectivity index (χ3n) is 3.46. The smallest absolute Gasteiger partial charge is 0.307 e.